The third-order valence-electron chi connectivity index (χ3n) is 2.39. The predicted octanol–water partition coefficient (Wildman–Crippen LogP) is 3.01. The first-order valence-electron chi connectivity index (χ1n) is 6.44. The van der Waals surface area contributed by atoms with Crippen molar-refractivity contribution >= 4 is 34.1 Å². The smallest absolute Gasteiger partial charge is 0.227 e. The maximum absolute atomic E-state index is 11.8. The summed E-state index contributed by atoms with van der Waals surface area (Å²) in [4.78, 5) is 16.0. The number of carbonyl (C=O) groups is 1. The number of carbonyl (C=O) groups excluding carboxylic acids is 1. The molecule has 2 aromatic rings. The number of aromatic nitrogens is 3. The van der Waals surface area contributed by atoms with Crippen molar-refractivity contribution in [1.82, 2.24) is 15.2 Å². The second-order valence-electron chi connectivity index (χ2n) is 4.07. The average molecular weight is 308 g/mol. The predicted molar refractivity (Wildman–Crippen MR) is 82.1 cm³/mol. The van der Waals surface area contributed by atoms with E-state index >= 15 is 0 Å². The molecule has 0 aromatic carbocycles. The van der Waals surface area contributed by atoms with Crippen LogP contribution in [0, 0.1) is 0 Å². The number of pyridine rings is 1. The first kappa shape index (κ1) is 14.9. The number of hydrogen-bond donors (Lipinski definition) is 1. The standard InChI is InChI=1S/C13H16N4OS2/c1-2-5-12-16-17-13(20-12)15-10(18)7-9-19-11-6-3-4-8-14-11/h3-4,6,8H,2,5,7,9H2,1H3,(H,15,17,18). The van der Waals surface area contributed by atoms with Crippen molar-refractivity contribution in [3.63, 3.8) is 0 Å². The second kappa shape index (κ2) is 7.96. The van der Waals surface area contributed by atoms with Crippen LogP contribution in [0.25, 0.3) is 0 Å². The maximum Gasteiger partial charge on any atom is 0.227 e. The highest BCUT2D eigenvalue weighted by Crippen LogP contribution is 2.18. The molecule has 20 heavy (non-hydrogen) atoms. The summed E-state index contributed by atoms with van der Waals surface area (Å²) in [7, 11) is 0. The number of nitrogens with one attached hydrogen (secondary N) is 1. The molecule has 0 spiro atoms. The van der Waals surface area contributed by atoms with E-state index < -0.39 is 0 Å². The molecular weight excluding hydrogens is 292 g/mol. The molecule has 106 valence electrons. The van der Waals surface area contributed by atoms with E-state index in [-0.39, 0.29) is 5.91 Å². The molecule has 2 aromatic heterocycles. The van der Waals surface area contributed by atoms with Gasteiger partial charge in [-0.3, -0.25) is 4.79 Å². The van der Waals surface area contributed by atoms with Gasteiger partial charge in [0.15, 0.2) is 0 Å². The van der Waals surface area contributed by atoms with Gasteiger partial charge in [-0.1, -0.05) is 24.3 Å². The minimum absolute atomic E-state index is 0.0346. The molecule has 1 amide bonds. The number of rotatable bonds is 7. The molecule has 0 saturated heterocycles. The Morgan fingerprint density at radius 2 is 2.30 bits per heavy atom. The van der Waals surface area contributed by atoms with Gasteiger partial charge in [-0.2, -0.15) is 0 Å². The van der Waals surface area contributed by atoms with Crippen LogP contribution in [0.4, 0.5) is 5.13 Å². The quantitative estimate of drug-likeness (QED) is 0.796. The van der Waals surface area contributed by atoms with Gasteiger partial charge in [-0.05, 0) is 18.6 Å². The van der Waals surface area contributed by atoms with Crippen LogP contribution in [-0.4, -0.2) is 26.8 Å². The largest absolute Gasteiger partial charge is 0.301 e. The average Bonchev–Trinajstić information content (AvgIpc) is 2.88. The molecule has 2 heterocycles. The molecule has 0 radical (unpaired) electrons. The van der Waals surface area contributed by atoms with E-state index in [1.165, 1.54) is 11.3 Å². The normalized spacial score (nSPS) is 10.4. The van der Waals surface area contributed by atoms with Crippen molar-refractivity contribution in [2.75, 3.05) is 11.1 Å². The van der Waals surface area contributed by atoms with E-state index in [1.807, 2.05) is 18.2 Å². The van der Waals surface area contributed by atoms with E-state index in [0.29, 0.717) is 17.3 Å². The molecule has 0 aliphatic heterocycles. The fraction of sp³-hybridized carbons (Fsp3) is 0.385. The lowest BCUT2D eigenvalue weighted by molar-refractivity contribution is -0.115. The zero-order valence-electron chi connectivity index (χ0n) is 11.2. The van der Waals surface area contributed by atoms with Gasteiger partial charge in [0.2, 0.25) is 11.0 Å². The third-order valence-corrected chi connectivity index (χ3v) is 4.24. The first-order chi connectivity index (χ1) is 9.78. The Balaban J connectivity index is 1.72. The van der Waals surface area contributed by atoms with E-state index in [2.05, 4.69) is 27.4 Å². The fourth-order valence-electron chi connectivity index (χ4n) is 1.48. The SMILES string of the molecule is CCCc1nnc(NC(=O)CCSc2ccccn2)s1. The summed E-state index contributed by atoms with van der Waals surface area (Å²) in [5.41, 5.74) is 0. The summed E-state index contributed by atoms with van der Waals surface area (Å²) in [5.74, 6) is 0.663. The fourth-order valence-corrected chi connectivity index (χ4v) is 3.15. The highest BCUT2D eigenvalue weighted by Gasteiger charge is 2.08. The Morgan fingerprint density at radius 3 is 3.05 bits per heavy atom. The van der Waals surface area contributed by atoms with E-state index in [1.54, 1.807) is 18.0 Å². The van der Waals surface area contributed by atoms with E-state index in [4.69, 9.17) is 0 Å². The minimum atomic E-state index is -0.0346. The van der Waals surface area contributed by atoms with E-state index in [9.17, 15) is 4.79 Å². The Morgan fingerprint density at radius 1 is 1.40 bits per heavy atom. The van der Waals surface area contributed by atoms with Crippen molar-refractivity contribution in [3.8, 4) is 0 Å². The van der Waals surface area contributed by atoms with Gasteiger partial charge in [-0.25, -0.2) is 4.98 Å². The van der Waals surface area contributed by atoms with Gasteiger partial charge in [0.25, 0.3) is 0 Å². The highest BCUT2D eigenvalue weighted by atomic mass is 32.2. The maximum atomic E-state index is 11.8. The molecular formula is C13H16N4OS2. The van der Waals surface area contributed by atoms with Gasteiger partial charge < -0.3 is 5.32 Å². The van der Waals surface area contributed by atoms with E-state index in [0.717, 1.165) is 22.9 Å². The van der Waals surface area contributed by atoms with Crippen LogP contribution in [0.5, 0.6) is 0 Å². The van der Waals surface area contributed by atoms with Gasteiger partial charge >= 0.3 is 0 Å². The van der Waals surface area contributed by atoms with Crippen molar-refractivity contribution in [2.24, 2.45) is 0 Å². The monoisotopic (exact) mass is 308 g/mol. The molecule has 1 N–H and O–H groups in total. The van der Waals surface area contributed by atoms with Crippen molar-refractivity contribution in [2.45, 2.75) is 31.2 Å². The van der Waals surface area contributed by atoms with Crippen LogP contribution >= 0.6 is 23.1 Å². The molecule has 0 aliphatic rings. The number of aryl methyl sites for hydroxylation is 1. The van der Waals surface area contributed by atoms with Crippen LogP contribution in [0.2, 0.25) is 0 Å². The van der Waals surface area contributed by atoms with Crippen LogP contribution in [0.1, 0.15) is 24.8 Å². The van der Waals surface area contributed by atoms with Crippen molar-refractivity contribution < 1.29 is 4.79 Å². The van der Waals surface area contributed by atoms with Crippen LogP contribution < -0.4 is 5.32 Å². The second-order valence-corrected chi connectivity index (χ2v) is 6.24. The lowest BCUT2D eigenvalue weighted by Crippen LogP contribution is -2.11. The molecule has 0 bridgehead atoms. The first-order valence-corrected chi connectivity index (χ1v) is 8.24. The summed E-state index contributed by atoms with van der Waals surface area (Å²) in [6.07, 6.45) is 4.12. The molecule has 0 unspecified atom stereocenters. The van der Waals surface area contributed by atoms with Crippen molar-refractivity contribution in [1.29, 1.82) is 0 Å². The summed E-state index contributed by atoms with van der Waals surface area (Å²) < 4.78 is 0. The lowest BCUT2D eigenvalue weighted by Gasteiger charge is -2.01. The number of hydrogen-bond acceptors (Lipinski definition) is 6. The minimum Gasteiger partial charge on any atom is -0.301 e. The molecule has 2 rings (SSSR count). The molecule has 0 aliphatic carbocycles. The summed E-state index contributed by atoms with van der Waals surface area (Å²) in [6.45, 7) is 2.09. The van der Waals surface area contributed by atoms with Crippen LogP contribution in [0.15, 0.2) is 29.4 Å². The number of anilines is 1. The molecule has 0 fully saturated rings. The Hall–Kier alpha value is -1.47. The number of amides is 1. The Bertz CT molecular complexity index is 544. The third kappa shape index (κ3) is 4.90. The zero-order chi connectivity index (χ0) is 14.2. The van der Waals surface area contributed by atoms with Crippen LogP contribution in [-0.2, 0) is 11.2 Å². The highest BCUT2D eigenvalue weighted by molar-refractivity contribution is 7.99. The topological polar surface area (TPSA) is 67.8 Å². The molecule has 5 nitrogen and oxygen atoms in total. The zero-order valence-corrected chi connectivity index (χ0v) is 12.8. The summed E-state index contributed by atoms with van der Waals surface area (Å²) in [5, 5.41) is 13.2. The van der Waals surface area contributed by atoms with Crippen molar-refractivity contribution in [3.05, 3.63) is 29.4 Å². The van der Waals surface area contributed by atoms with Gasteiger partial charge in [0.05, 0.1) is 5.03 Å². The van der Waals surface area contributed by atoms with Gasteiger partial charge in [0.1, 0.15) is 5.01 Å². The van der Waals surface area contributed by atoms with Gasteiger partial charge in [-0.15, -0.1) is 22.0 Å². The molecule has 7 heteroatoms. The molecule has 0 atom stereocenters. The Labute approximate surface area is 126 Å². The summed E-state index contributed by atoms with van der Waals surface area (Å²) in [6, 6.07) is 5.75. The molecule has 0 saturated carbocycles. The number of nitrogens with zero attached hydrogens (tertiary/aromatic N) is 3. The summed E-state index contributed by atoms with van der Waals surface area (Å²) >= 11 is 3.01. The van der Waals surface area contributed by atoms with Crippen LogP contribution in [0.3, 0.4) is 0 Å². The lowest BCUT2D eigenvalue weighted by atomic mass is 10.4. The van der Waals surface area contributed by atoms with Gasteiger partial charge in [0, 0.05) is 24.8 Å². The Kier molecular flexibility index (Phi) is 5.94. The number of thioether (sulfide) groups is 1.